The van der Waals surface area contributed by atoms with Crippen molar-refractivity contribution in [2.45, 2.75) is 24.9 Å². The van der Waals surface area contributed by atoms with E-state index >= 15 is 0 Å². The number of carbonyl (C=O) groups excluding carboxylic acids is 2. The van der Waals surface area contributed by atoms with Crippen molar-refractivity contribution in [3.05, 3.63) is 54.2 Å². The number of carbonyl (C=O) groups is 2. The van der Waals surface area contributed by atoms with Gasteiger partial charge in [0.1, 0.15) is 12.3 Å². The molecule has 4 rings (SSSR count). The number of anilines is 1. The second kappa shape index (κ2) is 8.21. The van der Waals surface area contributed by atoms with Crippen LogP contribution in [0, 0.1) is 0 Å². The van der Waals surface area contributed by atoms with Gasteiger partial charge in [-0.1, -0.05) is 24.3 Å². The second-order valence-electron chi connectivity index (χ2n) is 7.50. The molecule has 1 aromatic carbocycles. The summed E-state index contributed by atoms with van der Waals surface area (Å²) in [5.41, 5.74) is 0.838. The maximum absolute atomic E-state index is 12.9. The highest BCUT2D eigenvalue weighted by Gasteiger charge is 2.42. The molecule has 2 aromatic rings. The van der Waals surface area contributed by atoms with Crippen LogP contribution in [0.2, 0.25) is 0 Å². The molecule has 0 bridgehead atoms. The van der Waals surface area contributed by atoms with E-state index in [0.717, 1.165) is 18.5 Å². The van der Waals surface area contributed by atoms with Crippen molar-refractivity contribution in [2.75, 3.05) is 38.3 Å². The zero-order valence-corrected chi connectivity index (χ0v) is 16.5. The van der Waals surface area contributed by atoms with Crippen molar-refractivity contribution in [3.8, 4) is 5.88 Å². The number of methoxy groups -OCH3 is 1. The third-order valence-electron chi connectivity index (χ3n) is 5.65. The Morgan fingerprint density at radius 2 is 1.93 bits per heavy atom. The van der Waals surface area contributed by atoms with Gasteiger partial charge in [0.2, 0.25) is 5.88 Å². The fourth-order valence-electron chi connectivity index (χ4n) is 4.04. The number of likely N-dealkylation sites (tertiary alicyclic amines) is 1. The summed E-state index contributed by atoms with van der Waals surface area (Å²) in [5, 5.41) is 0. The molecule has 0 radical (unpaired) electrons. The third-order valence-corrected chi connectivity index (χ3v) is 5.65. The molecule has 3 heterocycles. The van der Waals surface area contributed by atoms with E-state index in [2.05, 4.69) is 4.98 Å². The number of hydrogen-bond acceptors (Lipinski definition) is 5. The van der Waals surface area contributed by atoms with Crippen LogP contribution in [0.3, 0.4) is 0 Å². The molecule has 2 fully saturated rings. The highest BCUT2D eigenvalue weighted by Crippen LogP contribution is 2.33. The van der Waals surface area contributed by atoms with Crippen LogP contribution in [0.4, 0.5) is 5.69 Å². The molecule has 0 saturated carbocycles. The third kappa shape index (κ3) is 4.10. The number of nitrogens with zero attached hydrogens (tertiary/aromatic N) is 3. The van der Waals surface area contributed by atoms with Crippen LogP contribution in [0.25, 0.3) is 0 Å². The fraction of sp³-hybridized carbons (Fsp3) is 0.409. The molecular formula is C22H25N3O4. The van der Waals surface area contributed by atoms with Gasteiger partial charge in [-0.2, -0.15) is 0 Å². The van der Waals surface area contributed by atoms with Gasteiger partial charge in [-0.3, -0.25) is 9.59 Å². The molecule has 7 heteroatoms. The Labute approximate surface area is 170 Å². The maximum Gasteiger partial charge on any atom is 0.272 e. The summed E-state index contributed by atoms with van der Waals surface area (Å²) in [6, 6.07) is 14.9. The van der Waals surface area contributed by atoms with Gasteiger partial charge in [0.15, 0.2) is 0 Å². The highest BCUT2D eigenvalue weighted by molar-refractivity contribution is 5.95. The number of benzene rings is 1. The van der Waals surface area contributed by atoms with Crippen LogP contribution < -0.4 is 9.64 Å². The van der Waals surface area contributed by atoms with Gasteiger partial charge in [0, 0.05) is 24.8 Å². The van der Waals surface area contributed by atoms with Crippen molar-refractivity contribution in [2.24, 2.45) is 0 Å². The van der Waals surface area contributed by atoms with Gasteiger partial charge in [-0.25, -0.2) is 4.98 Å². The molecule has 2 amide bonds. The molecule has 2 aliphatic rings. The number of aromatic nitrogens is 1. The Morgan fingerprint density at radius 1 is 1.10 bits per heavy atom. The maximum atomic E-state index is 12.9. The number of amides is 2. The molecular weight excluding hydrogens is 370 g/mol. The van der Waals surface area contributed by atoms with E-state index in [1.807, 2.05) is 40.1 Å². The molecule has 0 aliphatic carbocycles. The Morgan fingerprint density at radius 3 is 2.72 bits per heavy atom. The van der Waals surface area contributed by atoms with Crippen molar-refractivity contribution in [1.82, 2.24) is 9.88 Å². The Hall–Kier alpha value is -2.93. The molecule has 1 atom stereocenters. The molecule has 1 unspecified atom stereocenters. The van der Waals surface area contributed by atoms with Gasteiger partial charge in [-0.15, -0.1) is 0 Å². The normalized spacial score (nSPS) is 22.4. The van der Waals surface area contributed by atoms with Crippen LogP contribution >= 0.6 is 0 Å². The van der Waals surface area contributed by atoms with Gasteiger partial charge in [-0.05, 0) is 37.5 Å². The average molecular weight is 395 g/mol. The van der Waals surface area contributed by atoms with Crippen LogP contribution in [-0.4, -0.2) is 60.7 Å². The first-order valence-electron chi connectivity index (χ1n) is 9.90. The minimum atomic E-state index is -0.430. The molecule has 0 N–H and O–H groups in total. The molecule has 152 valence electrons. The minimum absolute atomic E-state index is 0.0282. The Kier molecular flexibility index (Phi) is 5.49. The van der Waals surface area contributed by atoms with Gasteiger partial charge >= 0.3 is 0 Å². The molecule has 1 spiro atoms. The predicted molar refractivity (Wildman–Crippen MR) is 108 cm³/mol. The van der Waals surface area contributed by atoms with E-state index in [1.165, 1.54) is 7.11 Å². The number of rotatable bonds is 3. The van der Waals surface area contributed by atoms with Crippen LogP contribution in [-0.2, 0) is 9.53 Å². The van der Waals surface area contributed by atoms with Crippen molar-refractivity contribution in [3.63, 3.8) is 0 Å². The van der Waals surface area contributed by atoms with Gasteiger partial charge < -0.3 is 19.3 Å². The van der Waals surface area contributed by atoms with E-state index in [9.17, 15) is 9.59 Å². The van der Waals surface area contributed by atoms with Gasteiger partial charge in [0.25, 0.3) is 11.8 Å². The number of para-hydroxylation sites is 1. The zero-order chi connectivity index (χ0) is 20.3. The lowest BCUT2D eigenvalue weighted by Crippen LogP contribution is -2.55. The number of pyridine rings is 1. The first kappa shape index (κ1) is 19.4. The number of morpholine rings is 1. The summed E-state index contributed by atoms with van der Waals surface area (Å²) >= 11 is 0. The fourth-order valence-corrected chi connectivity index (χ4v) is 4.04. The molecule has 2 aliphatic heterocycles. The van der Waals surface area contributed by atoms with Gasteiger partial charge in [0.05, 0.1) is 19.3 Å². The molecule has 29 heavy (non-hydrogen) atoms. The largest absolute Gasteiger partial charge is 0.481 e. The summed E-state index contributed by atoms with van der Waals surface area (Å²) in [7, 11) is 1.53. The second-order valence-corrected chi connectivity index (χ2v) is 7.50. The quantitative estimate of drug-likeness (QED) is 0.799. The average Bonchev–Trinajstić information content (AvgIpc) is 2.98. The SMILES string of the molecule is COc1cccc(C(=O)N2CCCC3(CC2)CN(c2ccccc2)C(=O)CO3)n1. The van der Waals surface area contributed by atoms with E-state index in [1.54, 1.807) is 18.2 Å². The first-order valence-corrected chi connectivity index (χ1v) is 9.90. The molecule has 1 aromatic heterocycles. The van der Waals surface area contributed by atoms with Crippen molar-refractivity contribution >= 4 is 17.5 Å². The standard InChI is InChI=1S/C22H25N3O4/c1-28-19-10-5-9-18(23-19)21(27)24-13-6-11-22(12-14-24)16-25(20(26)15-29-22)17-7-3-2-4-8-17/h2-5,7-10H,6,11-16H2,1H3. The molecule has 2 saturated heterocycles. The van der Waals surface area contributed by atoms with Crippen LogP contribution in [0.5, 0.6) is 5.88 Å². The number of ether oxygens (including phenoxy) is 2. The summed E-state index contributed by atoms with van der Waals surface area (Å²) in [6.45, 7) is 1.78. The monoisotopic (exact) mass is 395 g/mol. The number of hydrogen-bond donors (Lipinski definition) is 0. The lowest BCUT2D eigenvalue weighted by molar-refractivity contribution is -0.140. The van der Waals surface area contributed by atoms with Crippen LogP contribution in [0.1, 0.15) is 29.8 Å². The van der Waals surface area contributed by atoms with E-state index in [-0.39, 0.29) is 18.4 Å². The smallest absolute Gasteiger partial charge is 0.272 e. The lowest BCUT2D eigenvalue weighted by Gasteiger charge is -2.42. The Bertz CT molecular complexity index is 889. The van der Waals surface area contributed by atoms with Crippen molar-refractivity contribution in [1.29, 1.82) is 0 Å². The van der Waals surface area contributed by atoms with Crippen LogP contribution in [0.15, 0.2) is 48.5 Å². The summed E-state index contributed by atoms with van der Waals surface area (Å²) < 4.78 is 11.2. The van der Waals surface area contributed by atoms with E-state index in [4.69, 9.17) is 9.47 Å². The topological polar surface area (TPSA) is 72.0 Å². The minimum Gasteiger partial charge on any atom is -0.481 e. The summed E-state index contributed by atoms with van der Waals surface area (Å²) in [6.07, 6.45) is 2.30. The highest BCUT2D eigenvalue weighted by atomic mass is 16.5. The summed E-state index contributed by atoms with van der Waals surface area (Å²) in [4.78, 5) is 33.3. The lowest BCUT2D eigenvalue weighted by atomic mass is 9.92. The van der Waals surface area contributed by atoms with Crippen molar-refractivity contribution < 1.29 is 19.1 Å². The van der Waals surface area contributed by atoms with E-state index < -0.39 is 5.60 Å². The summed E-state index contributed by atoms with van der Waals surface area (Å²) in [5.74, 6) is 0.294. The molecule has 7 nitrogen and oxygen atoms in total. The zero-order valence-electron chi connectivity index (χ0n) is 16.5. The Balaban J connectivity index is 1.48. The predicted octanol–water partition coefficient (Wildman–Crippen LogP) is 2.52. The van der Waals surface area contributed by atoms with E-state index in [0.29, 0.717) is 37.6 Å². The first-order chi connectivity index (χ1) is 14.1.